The van der Waals surface area contributed by atoms with Crippen molar-refractivity contribution in [2.24, 2.45) is 5.41 Å². The summed E-state index contributed by atoms with van der Waals surface area (Å²) >= 11 is 0. The van der Waals surface area contributed by atoms with Gasteiger partial charge in [-0.2, -0.15) is 0 Å². The molecule has 0 aromatic rings. The molecule has 0 fully saturated rings. The Morgan fingerprint density at radius 1 is 0.800 bits per heavy atom. The van der Waals surface area contributed by atoms with E-state index in [2.05, 4.69) is 13.2 Å². The van der Waals surface area contributed by atoms with Crippen LogP contribution in [-0.4, -0.2) is 21.4 Å². The first-order valence-electron chi connectivity index (χ1n) is 5.15. The van der Waals surface area contributed by atoms with Crippen molar-refractivity contribution in [3.63, 3.8) is 0 Å². The van der Waals surface area contributed by atoms with Crippen LogP contribution in [0.3, 0.4) is 0 Å². The van der Waals surface area contributed by atoms with Crippen molar-refractivity contribution in [3.05, 3.63) is 24.3 Å². The summed E-state index contributed by atoms with van der Waals surface area (Å²) in [4.78, 5) is 0. The Hall–Kier alpha value is -0.600. The van der Waals surface area contributed by atoms with Gasteiger partial charge in [0.2, 0.25) is 0 Å². The Morgan fingerprint density at radius 3 is 1.13 bits per heavy atom. The van der Waals surface area contributed by atoms with Crippen LogP contribution >= 0.6 is 0 Å². The summed E-state index contributed by atoms with van der Waals surface area (Å²) in [5, 5.41) is 20.8. The van der Waals surface area contributed by atoms with Crippen LogP contribution in [0.15, 0.2) is 24.3 Å². The number of hydrogen-bond donors (Lipinski definition) is 2. The molecular formula is C13H24O2. The van der Waals surface area contributed by atoms with Gasteiger partial charge in [-0.3, -0.25) is 0 Å². The summed E-state index contributed by atoms with van der Waals surface area (Å²) in [7, 11) is 0. The second-order valence-electron chi connectivity index (χ2n) is 5.33. The predicted molar refractivity (Wildman–Crippen MR) is 64.7 cm³/mol. The van der Waals surface area contributed by atoms with E-state index in [4.69, 9.17) is 0 Å². The number of aliphatic hydroxyl groups is 2. The molecule has 0 aliphatic heterocycles. The normalized spacial score (nSPS) is 20.3. The van der Waals surface area contributed by atoms with Gasteiger partial charge in [0.15, 0.2) is 0 Å². The molecule has 0 spiro atoms. The Labute approximate surface area is 93.3 Å². The van der Waals surface area contributed by atoms with Gasteiger partial charge >= 0.3 is 0 Å². The van der Waals surface area contributed by atoms with Gasteiger partial charge in [-0.1, -0.05) is 27.0 Å². The van der Waals surface area contributed by atoms with Crippen LogP contribution in [0.25, 0.3) is 0 Å². The van der Waals surface area contributed by atoms with E-state index in [-0.39, 0.29) is 0 Å². The molecule has 0 saturated heterocycles. The van der Waals surface area contributed by atoms with Gasteiger partial charge in [0.05, 0.1) is 11.2 Å². The van der Waals surface area contributed by atoms with Crippen LogP contribution in [0.2, 0.25) is 0 Å². The van der Waals surface area contributed by atoms with E-state index in [1.165, 1.54) is 0 Å². The van der Waals surface area contributed by atoms with Crippen LogP contribution < -0.4 is 0 Å². The van der Waals surface area contributed by atoms with Crippen LogP contribution in [0, 0.1) is 5.41 Å². The van der Waals surface area contributed by atoms with Gasteiger partial charge in [-0.15, -0.1) is 0 Å². The van der Waals surface area contributed by atoms with Crippen LogP contribution in [0.5, 0.6) is 0 Å². The largest absolute Gasteiger partial charge is 0.385 e. The lowest BCUT2D eigenvalue weighted by molar-refractivity contribution is -0.127. The minimum atomic E-state index is -1.14. The van der Waals surface area contributed by atoms with Gasteiger partial charge < -0.3 is 10.2 Å². The molecule has 0 unspecified atom stereocenters. The van der Waals surface area contributed by atoms with Gasteiger partial charge in [0.1, 0.15) is 0 Å². The summed E-state index contributed by atoms with van der Waals surface area (Å²) in [5.41, 5.74) is -1.77. The lowest BCUT2D eigenvalue weighted by atomic mass is 9.61. The minimum Gasteiger partial charge on any atom is -0.385 e. The molecule has 0 saturated carbocycles. The monoisotopic (exact) mass is 212 g/mol. The summed E-state index contributed by atoms with van der Waals surface area (Å²) in [5.74, 6) is 0. The predicted octanol–water partition coefficient (Wildman–Crippen LogP) is 2.67. The third-order valence-electron chi connectivity index (χ3n) is 4.10. The van der Waals surface area contributed by atoms with E-state index in [0.29, 0.717) is 11.1 Å². The number of rotatable bonds is 4. The fourth-order valence-electron chi connectivity index (χ4n) is 1.54. The molecule has 0 bridgehead atoms. The standard InChI is InChI=1S/C13H24O2/c1-9(2)12(7,14)11(5,6)13(8,15)10(3)4/h14-15H,1,3H2,2,4-8H3/t12-,13+. The Morgan fingerprint density at radius 2 is 1.00 bits per heavy atom. The third kappa shape index (κ3) is 2.01. The van der Waals surface area contributed by atoms with Crippen molar-refractivity contribution >= 4 is 0 Å². The topological polar surface area (TPSA) is 40.5 Å². The van der Waals surface area contributed by atoms with Crippen molar-refractivity contribution in [1.82, 2.24) is 0 Å². The molecule has 0 amide bonds. The van der Waals surface area contributed by atoms with Gasteiger partial charge in [-0.25, -0.2) is 0 Å². The molecule has 2 atom stereocenters. The van der Waals surface area contributed by atoms with Crippen molar-refractivity contribution in [2.45, 2.75) is 52.7 Å². The molecule has 88 valence electrons. The summed E-state index contributed by atoms with van der Waals surface area (Å²) in [6, 6.07) is 0. The maximum absolute atomic E-state index is 10.4. The van der Waals surface area contributed by atoms with E-state index in [9.17, 15) is 10.2 Å². The highest BCUT2D eigenvalue weighted by Crippen LogP contribution is 2.46. The zero-order valence-electron chi connectivity index (χ0n) is 10.8. The van der Waals surface area contributed by atoms with Crippen LogP contribution in [0.1, 0.15) is 41.5 Å². The molecule has 0 aromatic carbocycles. The highest BCUT2D eigenvalue weighted by molar-refractivity contribution is 5.24. The molecule has 0 aromatic heterocycles. The highest BCUT2D eigenvalue weighted by atomic mass is 16.3. The van der Waals surface area contributed by atoms with E-state index >= 15 is 0 Å². The van der Waals surface area contributed by atoms with Crippen LogP contribution in [-0.2, 0) is 0 Å². The lowest BCUT2D eigenvalue weighted by Gasteiger charge is -2.50. The number of hydrogen-bond acceptors (Lipinski definition) is 2. The molecule has 15 heavy (non-hydrogen) atoms. The summed E-state index contributed by atoms with van der Waals surface area (Å²) in [6.07, 6.45) is 0. The summed E-state index contributed by atoms with van der Waals surface area (Å²) in [6.45, 7) is 18.0. The van der Waals surface area contributed by atoms with Gasteiger partial charge in [-0.05, 0) is 38.8 Å². The fourth-order valence-corrected chi connectivity index (χ4v) is 1.54. The van der Waals surface area contributed by atoms with Crippen molar-refractivity contribution < 1.29 is 10.2 Å². The first-order chi connectivity index (χ1) is 6.39. The molecule has 2 heteroatoms. The first-order valence-corrected chi connectivity index (χ1v) is 5.15. The minimum absolute atomic E-state index is 0.633. The molecule has 0 rings (SSSR count). The van der Waals surface area contributed by atoms with E-state index in [1.807, 2.05) is 13.8 Å². The molecule has 2 N–H and O–H groups in total. The zero-order valence-corrected chi connectivity index (χ0v) is 10.8. The smallest absolute Gasteiger partial charge is 0.0904 e. The van der Waals surface area contributed by atoms with Gasteiger partial charge in [0, 0.05) is 5.41 Å². The van der Waals surface area contributed by atoms with E-state index in [0.717, 1.165) is 0 Å². The molecule has 2 nitrogen and oxygen atoms in total. The van der Waals surface area contributed by atoms with Crippen molar-refractivity contribution in [1.29, 1.82) is 0 Å². The average Bonchev–Trinajstić information content (AvgIpc) is 2.02. The fraction of sp³-hybridized carbons (Fsp3) is 0.692. The summed E-state index contributed by atoms with van der Waals surface area (Å²) < 4.78 is 0. The van der Waals surface area contributed by atoms with Crippen LogP contribution in [0.4, 0.5) is 0 Å². The van der Waals surface area contributed by atoms with E-state index < -0.39 is 16.6 Å². The SMILES string of the molecule is C=C(C)[C@](C)(O)C(C)(C)[C@](C)(O)C(=C)C. The molecule has 0 heterocycles. The third-order valence-corrected chi connectivity index (χ3v) is 4.10. The maximum atomic E-state index is 10.4. The van der Waals surface area contributed by atoms with Gasteiger partial charge in [0.25, 0.3) is 0 Å². The second-order valence-corrected chi connectivity index (χ2v) is 5.33. The second kappa shape index (κ2) is 3.76. The Balaban J connectivity index is 5.50. The van der Waals surface area contributed by atoms with Crippen molar-refractivity contribution in [2.75, 3.05) is 0 Å². The highest BCUT2D eigenvalue weighted by Gasteiger charge is 2.52. The van der Waals surface area contributed by atoms with Crippen molar-refractivity contribution in [3.8, 4) is 0 Å². The molecule has 0 aliphatic rings. The average molecular weight is 212 g/mol. The molecule has 0 radical (unpaired) electrons. The molecule has 0 aliphatic carbocycles. The van der Waals surface area contributed by atoms with E-state index in [1.54, 1.807) is 27.7 Å². The lowest BCUT2D eigenvalue weighted by Crippen LogP contribution is -2.57. The first kappa shape index (κ1) is 14.4. The zero-order chi connectivity index (χ0) is 12.7. The Bertz CT molecular complexity index is 255. The maximum Gasteiger partial charge on any atom is 0.0904 e. The Kier molecular flexibility index (Phi) is 3.61. The quantitative estimate of drug-likeness (QED) is 0.703. The molecular weight excluding hydrogens is 188 g/mol.